The monoisotopic (exact) mass is 272 g/mol. The molecule has 82 valence electrons. The zero-order chi connectivity index (χ0) is 10.8. The number of ether oxygens (including phenoxy) is 2. The van der Waals surface area contributed by atoms with Crippen LogP contribution in [0.4, 0.5) is 0 Å². The van der Waals surface area contributed by atoms with Crippen molar-refractivity contribution in [3.05, 3.63) is 22.2 Å². The summed E-state index contributed by atoms with van der Waals surface area (Å²) in [5, 5.41) is 9.55. The molecule has 1 heterocycles. The molecule has 1 aliphatic rings. The molecule has 0 bridgehead atoms. The van der Waals surface area contributed by atoms with Crippen molar-refractivity contribution in [2.75, 3.05) is 13.2 Å². The van der Waals surface area contributed by atoms with E-state index in [-0.39, 0.29) is 0 Å². The molecular formula is C11H13BrO3. The summed E-state index contributed by atoms with van der Waals surface area (Å²) in [5.74, 6) is 1.45. The van der Waals surface area contributed by atoms with Crippen LogP contribution in [0.5, 0.6) is 11.5 Å². The summed E-state index contributed by atoms with van der Waals surface area (Å²) >= 11 is 3.41. The number of fused-ring (bicyclic) bond motifs is 1. The number of hydrogen-bond acceptors (Lipinski definition) is 3. The van der Waals surface area contributed by atoms with E-state index in [1.54, 1.807) is 6.92 Å². The van der Waals surface area contributed by atoms with E-state index in [4.69, 9.17) is 9.47 Å². The lowest BCUT2D eigenvalue weighted by atomic mass is 10.1. The van der Waals surface area contributed by atoms with Gasteiger partial charge in [0.05, 0.1) is 19.3 Å². The third-order valence-corrected chi connectivity index (χ3v) is 3.00. The van der Waals surface area contributed by atoms with Gasteiger partial charge in [0.2, 0.25) is 0 Å². The molecule has 0 amide bonds. The van der Waals surface area contributed by atoms with Gasteiger partial charge in [-0.05, 0) is 24.6 Å². The highest BCUT2D eigenvalue weighted by Gasteiger charge is 2.15. The Hall–Kier alpha value is -0.740. The molecule has 2 rings (SSSR count). The van der Waals surface area contributed by atoms with Crippen LogP contribution in [-0.2, 0) is 0 Å². The maximum Gasteiger partial charge on any atom is 0.162 e. The van der Waals surface area contributed by atoms with Crippen molar-refractivity contribution in [2.45, 2.75) is 19.4 Å². The summed E-state index contributed by atoms with van der Waals surface area (Å²) in [7, 11) is 0. The molecule has 1 aliphatic heterocycles. The first kappa shape index (κ1) is 10.8. The predicted molar refractivity (Wildman–Crippen MR) is 60.4 cm³/mol. The van der Waals surface area contributed by atoms with Gasteiger partial charge in [-0.15, -0.1) is 0 Å². The van der Waals surface area contributed by atoms with Gasteiger partial charge >= 0.3 is 0 Å². The lowest BCUT2D eigenvalue weighted by Gasteiger charge is -2.13. The van der Waals surface area contributed by atoms with Crippen LogP contribution in [0.2, 0.25) is 0 Å². The Kier molecular flexibility index (Phi) is 3.17. The average molecular weight is 273 g/mol. The maximum atomic E-state index is 9.55. The van der Waals surface area contributed by atoms with E-state index in [0.29, 0.717) is 19.0 Å². The Labute approximate surface area is 97.1 Å². The fourth-order valence-electron chi connectivity index (χ4n) is 1.52. The number of halogens is 1. The van der Waals surface area contributed by atoms with Gasteiger partial charge in [-0.3, -0.25) is 0 Å². The van der Waals surface area contributed by atoms with Gasteiger partial charge in [-0.2, -0.15) is 0 Å². The summed E-state index contributed by atoms with van der Waals surface area (Å²) < 4.78 is 11.9. The van der Waals surface area contributed by atoms with Crippen molar-refractivity contribution >= 4 is 15.9 Å². The second-order valence-corrected chi connectivity index (χ2v) is 4.40. The minimum atomic E-state index is -0.517. The van der Waals surface area contributed by atoms with Crippen LogP contribution >= 0.6 is 15.9 Å². The number of benzene rings is 1. The smallest absolute Gasteiger partial charge is 0.162 e. The van der Waals surface area contributed by atoms with E-state index in [9.17, 15) is 5.11 Å². The van der Waals surface area contributed by atoms with Crippen molar-refractivity contribution in [1.29, 1.82) is 0 Å². The SMILES string of the molecule is C[C@H](O)c1cc2c(cc1Br)OCCCO2. The van der Waals surface area contributed by atoms with Gasteiger partial charge in [0.1, 0.15) is 0 Å². The molecule has 3 nitrogen and oxygen atoms in total. The third kappa shape index (κ3) is 2.26. The number of aliphatic hydroxyl groups is 1. The predicted octanol–water partition coefficient (Wildman–Crippen LogP) is 2.66. The Morgan fingerprint density at radius 1 is 1.27 bits per heavy atom. The number of aliphatic hydroxyl groups excluding tert-OH is 1. The van der Waals surface area contributed by atoms with E-state index in [1.165, 1.54) is 0 Å². The lowest BCUT2D eigenvalue weighted by Crippen LogP contribution is -1.97. The van der Waals surface area contributed by atoms with Crippen molar-refractivity contribution in [3.8, 4) is 11.5 Å². The first-order valence-electron chi connectivity index (χ1n) is 4.95. The topological polar surface area (TPSA) is 38.7 Å². The Morgan fingerprint density at radius 3 is 2.47 bits per heavy atom. The molecule has 0 saturated heterocycles. The van der Waals surface area contributed by atoms with Crippen LogP contribution in [0, 0.1) is 0 Å². The maximum absolute atomic E-state index is 9.55. The summed E-state index contributed by atoms with van der Waals surface area (Å²) in [6.45, 7) is 3.06. The fraction of sp³-hybridized carbons (Fsp3) is 0.455. The van der Waals surface area contributed by atoms with Gasteiger partial charge in [0.25, 0.3) is 0 Å². The quantitative estimate of drug-likeness (QED) is 0.855. The summed E-state index contributed by atoms with van der Waals surface area (Å²) in [6.07, 6.45) is 0.368. The molecule has 0 unspecified atom stereocenters. The van der Waals surface area contributed by atoms with E-state index >= 15 is 0 Å². The minimum absolute atomic E-state index is 0.517. The van der Waals surface area contributed by atoms with Gasteiger partial charge in [-0.1, -0.05) is 15.9 Å². The van der Waals surface area contributed by atoms with Crippen LogP contribution < -0.4 is 9.47 Å². The highest BCUT2D eigenvalue weighted by molar-refractivity contribution is 9.10. The molecule has 0 spiro atoms. The first-order valence-corrected chi connectivity index (χ1v) is 5.75. The van der Waals surface area contributed by atoms with E-state index < -0.39 is 6.10 Å². The highest BCUT2D eigenvalue weighted by atomic mass is 79.9. The van der Waals surface area contributed by atoms with Gasteiger partial charge in [0, 0.05) is 10.9 Å². The third-order valence-electron chi connectivity index (χ3n) is 2.32. The van der Waals surface area contributed by atoms with E-state index in [1.807, 2.05) is 12.1 Å². The normalized spacial score (nSPS) is 17.0. The van der Waals surface area contributed by atoms with Crippen LogP contribution in [0.15, 0.2) is 16.6 Å². The Bertz CT molecular complexity index is 363. The van der Waals surface area contributed by atoms with Crippen LogP contribution in [0.3, 0.4) is 0 Å². The molecule has 0 fully saturated rings. The van der Waals surface area contributed by atoms with E-state index in [2.05, 4.69) is 15.9 Å². The van der Waals surface area contributed by atoms with Gasteiger partial charge in [-0.25, -0.2) is 0 Å². The number of rotatable bonds is 1. The van der Waals surface area contributed by atoms with Crippen LogP contribution in [0.25, 0.3) is 0 Å². The molecular weight excluding hydrogens is 260 g/mol. The van der Waals surface area contributed by atoms with Crippen molar-refractivity contribution in [1.82, 2.24) is 0 Å². The molecule has 4 heteroatoms. The second kappa shape index (κ2) is 4.41. The molecule has 0 aliphatic carbocycles. The highest BCUT2D eigenvalue weighted by Crippen LogP contribution is 2.37. The summed E-state index contributed by atoms with van der Waals surface area (Å²) in [6, 6.07) is 3.68. The van der Waals surface area contributed by atoms with Gasteiger partial charge < -0.3 is 14.6 Å². The number of hydrogen-bond donors (Lipinski definition) is 1. The molecule has 1 atom stereocenters. The molecule has 1 aromatic rings. The van der Waals surface area contributed by atoms with Crippen LogP contribution in [0.1, 0.15) is 25.0 Å². The minimum Gasteiger partial charge on any atom is -0.490 e. The van der Waals surface area contributed by atoms with Crippen molar-refractivity contribution in [2.24, 2.45) is 0 Å². The van der Waals surface area contributed by atoms with E-state index in [0.717, 1.165) is 22.2 Å². The first-order chi connectivity index (χ1) is 7.18. The average Bonchev–Trinajstić information content (AvgIpc) is 2.40. The zero-order valence-corrected chi connectivity index (χ0v) is 10.1. The largest absolute Gasteiger partial charge is 0.490 e. The molecule has 0 radical (unpaired) electrons. The van der Waals surface area contributed by atoms with Crippen LogP contribution in [-0.4, -0.2) is 18.3 Å². The molecule has 15 heavy (non-hydrogen) atoms. The molecule has 0 saturated carbocycles. The van der Waals surface area contributed by atoms with Crippen molar-refractivity contribution in [3.63, 3.8) is 0 Å². The van der Waals surface area contributed by atoms with Gasteiger partial charge in [0.15, 0.2) is 11.5 Å². The standard InChI is InChI=1S/C11H13BrO3/c1-7(13)8-5-10-11(6-9(8)12)15-4-2-3-14-10/h5-7,13H,2-4H2,1H3/t7-/m0/s1. The molecule has 1 N–H and O–H groups in total. The zero-order valence-electron chi connectivity index (χ0n) is 8.50. The molecule has 0 aromatic heterocycles. The Balaban J connectivity index is 2.42. The van der Waals surface area contributed by atoms with Crippen molar-refractivity contribution < 1.29 is 14.6 Å². The fourth-order valence-corrected chi connectivity index (χ4v) is 2.17. The summed E-state index contributed by atoms with van der Waals surface area (Å²) in [4.78, 5) is 0. The lowest BCUT2D eigenvalue weighted by molar-refractivity contribution is 0.197. The molecule has 1 aromatic carbocycles. The Morgan fingerprint density at radius 2 is 1.87 bits per heavy atom. The summed E-state index contributed by atoms with van der Waals surface area (Å²) in [5.41, 5.74) is 0.819. The second-order valence-electron chi connectivity index (χ2n) is 3.55.